The van der Waals surface area contributed by atoms with Crippen LogP contribution in [0.4, 0.5) is 5.69 Å². The largest absolute Gasteiger partial charge is 0.366 e. The Morgan fingerprint density at radius 3 is 2.16 bits per heavy atom. The lowest BCUT2D eigenvalue weighted by molar-refractivity contribution is -0.763. The minimum atomic E-state index is -4.31. The van der Waals surface area contributed by atoms with Gasteiger partial charge in [-0.2, -0.15) is 4.72 Å². The van der Waals surface area contributed by atoms with Crippen molar-refractivity contribution in [2.24, 2.45) is 5.14 Å². The summed E-state index contributed by atoms with van der Waals surface area (Å²) in [5.41, 5.74) is 0.214. The molecule has 0 bridgehead atoms. The number of halogens is 1. The summed E-state index contributed by atoms with van der Waals surface area (Å²) in [5.74, 6) is -0.676. The second kappa shape index (κ2) is 10.9. The van der Waals surface area contributed by atoms with Crippen molar-refractivity contribution in [2.75, 3.05) is 18.9 Å². The van der Waals surface area contributed by atoms with Crippen LogP contribution in [-0.2, 0) is 42.9 Å². The second-order valence-corrected chi connectivity index (χ2v) is 11.5. The molecule has 17 nitrogen and oxygen atoms in total. The van der Waals surface area contributed by atoms with Gasteiger partial charge in [-0.15, -0.1) is 20.2 Å². The number of hydrogen-bond acceptors (Lipinski definition) is 12. The van der Waals surface area contributed by atoms with Crippen LogP contribution in [0.2, 0.25) is 5.02 Å². The molecule has 20 heteroatoms. The summed E-state index contributed by atoms with van der Waals surface area (Å²) in [6.07, 6.45) is -1.09. The van der Waals surface area contributed by atoms with Gasteiger partial charge >= 0.3 is 0 Å². The molecule has 1 aliphatic rings. The van der Waals surface area contributed by atoms with Crippen molar-refractivity contribution in [3.05, 3.63) is 72.3 Å². The number of nitrogens with one attached hydrogen (secondary N) is 2. The summed E-state index contributed by atoms with van der Waals surface area (Å²) in [6.45, 7) is -1.36. The molecule has 206 valence electrons. The van der Waals surface area contributed by atoms with Crippen LogP contribution in [0, 0.1) is 20.2 Å². The maximum absolute atomic E-state index is 13.1. The predicted molar refractivity (Wildman–Crippen MR) is 128 cm³/mol. The zero-order valence-electron chi connectivity index (χ0n) is 19.2. The maximum Gasteiger partial charge on any atom is 0.294 e. The van der Waals surface area contributed by atoms with Gasteiger partial charge in [-0.25, -0.2) is 22.0 Å². The molecule has 0 saturated heterocycles. The van der Waals surface area contributed by atoms with E-state index in [2.05, 4.69) is 19.7 Å². The number of benzene rings is 2. The number of carbonyl (C=O) groups excluding carboxylic acids is 1. The summed E-state index contributed by atoms with van der Waals surface area (Å²) in [4.78, 5) is 42.9. The summed E-state index contributed by atoms with van der Waals surface area (Å²) in [5, 5.41) is 26.5. The fourth-order valence-electron chi connectivity index (χ4n) is 3.52. The van der Waals surface area contributed by atoms with E-state index >= 15 is 0 Å². The minimum Gasteiger partial charge on any atom is -0.366 e. The van der Waals surface area contributed by atoms with Crippen LogP contribution in [0.5, 0.6) is 0 Å². The molecule has 1 heterocycles. The lowest BCUT2D eigenvalue weighted by Gasteiger charge is -2.31. The van der Waals surface area contributed by atoms with E-state index < -0.39 is 65.3 Å². The van der Waals surface area contributed by atoms with E-state index in [-0.39, 0.29) is 33.9 Å². The monoisotopic (exact) mass is 594 g/mol. The van der Waals surface area contributed by atoms with Crippen molar-refractivity contribution < 1.29 is 41.5 Å². The Morgan fingerprint density at radius 2 is 1.66 bits per heavy atom. The second-order valence-electron chi connectivity index (χ2n) is 7.86. The Kier molecular flexibility index (Phi) is 8.27. The van der Waals surface area contributed by atoms with E-state index in [0.717, 1.165) is 17.0 Å². The van der Waals surface area contributed by atoms with Crippen molar-refractivity contribution in [3.63, 3.8) is 0 Å². The van der Waals surface area contributed by atoms with E-state index in [0.29, 0.717) is 0 Å². The number of nitrogens with two attached hydrogens (primary N) is 1. The number of fused-ring (bicyclic) bond motifs is 1. The van der Waals surface area contributed by atoms with Gasteiger partial charge in [-0.1, -0.05) is 17.7 Å². The summed E-state index contributed by atoms with van der Waals surface area (Å²) in [6, 6.07) is 5.72. The Labute approximate surface area is 219 Å². The number of carbonyl (C=O) groups is 1. The van der Waals surface area contributed by atoms with E-state index in [1.807, 2.05) is 0 Å². The van der Waals surface area contributed by atoms with E-state index in [1.165, 1.54) is 25.2 Å². The Bertz CT molecular complexity index is 1480. The number of likely N-dealkylation sites (N-methyl/N-ethyl adjacent to an activating group) is 1. The van der Waals surface area contributed by atoms with Gasteiger partial charge in [0, 0.05) is 12.6 Å². The van der Waals surface area contributed by atoms with Crippen LogP contribution in [0.3, 0.4) is 0 Å². The van der Waals surface area contributed by atoms with Gasteiger partial charge in [0.2, 0.25) is 20.0 Å². The summed E-state index contributed by atoms with van der Waals surface area (Å²) in [7, 11) is -7.24. The van der Waals surface area contributed by atoms with Gasteiger partial charge in [0.1, 0.15) is 29.2 Å². The first-order chi connectivity index (χ1) is 17.6. The summed E-state index contributed by atoms with van der Waals surface area (Å²) >= 11 is 5.96. The highest BCUT2D eigenvalue weighted by Gasteiger charge is 2.33. The highest BCUT2D eigenvalue weighted by atomic mass is 35.5. The van der Waals surface area contributed by atoms with Gasteiger partial charge in [-0.05, 0) is 35.4 Å². The van der Waals surface area contributed by atoms with Crippen molar-refractivity contribution in [2.45, 2.75) is 29.2 Å². The lowest BCUT2D eigenvalue weighted by Crippen LogP contribution is -2.51. The van der Waals surface area contributed by atoms with E-state index in [9.17, 15) is 41.9 Å². The third-order valence-electron chi connectivity index (χ3n) is 5.03. The summed E-state index contributed by atoms with van der Waals surface area (Å²) < 4.78 is 51.2. The van der Waals surface area contributed by atoms with Crippen molar-refractivity contribution in [1.82, 2.24) is 9.62 Å². The van der Waals surface area contributed by atoms with Gasteiger partial charge in [0.05, 0.1) is 17.3 Å². The Morgan fingerprint density at radius 1 is 1.11 bits per heavy atom. The topological polar surface area (TPSA) is 243 Å². The minimum absolute atomic E-state index is 0.0369. The molecule has 4 N–H and O–H groups in total. The van der Waals surface area contributed by atoms with Crippen LogP contribution in [0.1, 0.15) is 21.5 Å². The van der Waals surface area contributed by atoms with Crippen molar-refractivity contribution >= 4 is 43.2 Å². The predicted octanol–water partition coefficient (Wildman–Crippen LogP) is 0.206. The number of sulfonamides is 2. The van der Waals surface area contributed by atoms with Gasteiger partial charge in [0.15, 0.2) is 0 Å². The molecule has 2 aromatic carbocycles. The lowest BCUT2D eigenvalue weighted by atomic mass is 10.1. The fourth-order valence-corrected chi connectivity index (χ4v) is 6.01. The molecule has 0 spiro atoms. The smallest absolute Gasteiger partial charge is 0.294 e. The normalized spacial score (nSPS) is 16.0. The SMILES string of the molecule is CN(CC1Nc2cc(Cl)c(S(N)(=O)=O)cc2S(=O)(=O)N1)C(=O)c1cc(CO[N+](=O)[O-])cc(CO[N+](=O)[O-])c1. The molecule has 0 radical (unpaired) electrons. The molecule has 38 heavy (non-hydrogen) atoms. The Hall–Kier alpha value is -3.78. The molecule has 1 atom stereocenters. The standard InChI is InChI=1S/C18H19ClN6O11S2/c1-23(18(26)12-3-10(8-35-24(27)28)2-11(4-12)9-36-25(29)30)7-17-21-14-5-13(19)15(37(20,31)32)6-16(14)38(33,34)22-17/h2-6,17,21-22H,7-9H2,1H3,(H2,20,31,32). The van der Waals surface area contributed by atoms with Crippen molar-refractivity contribution in [3.8, 4) is 0 Å². The molecular weight excluding hydrogens is 576 g/mol. The van der Waals surface area contributed by atoms with Crippen LogP contribution < -0.4 is 15.2 Å². The van der Waals surface area contributed by atoms with Crippen molar-refractivity contribution in [1.29, 1.82) is 0 Å². The van der Waals surface area contributed by atoms with Crippen LogP contribution in [0.15, 0.2) is 40.1 Å². The van der Waals surface area contributed by atoms with E-state index in [4.69, 9.17) is 16.7 Å². The van der Waals surface area contributed by atoms with Gasteiger partial charge < -0.3 is 19.9 Å². The van der Waals surface area contributed by atoms with Gasteiger partial charge in [0.25, 0.3) is 16.1 Å². The molecule has 0 fully saturated rings. The average Bonchev–Trinajstić information content (AvgIpc) is 2.79. The molecule has 1 amide bonds. The zero-order chi connectivity index (χ0) is 28.4. The van der Waals surface area contributed by atoms with Crippen LogP contribution >= 0.6 is 11.6 Å². The highest BCUT2D eigenvalue weighted by Crippen LogP contribution is 2.33. The fraction of sp³-hybridized carbons (Fsp3) is 0.278. The third kappa shape index (κ3) is 6.95. The number of amides is 1. The third-order valence-corrected chi connectivity index (χ3v) is 7.92. The maximum atomic E-state index is 13.1. The molecular formula is C18H19ClN6O11S2. The molecule has 0 aromatic heterocycles. The molecule has 1 unspecified atom stereocenters. The Balaban J connectivity index is 1.84. The zero-order valence-corrected chi connectivity index (χ0v) is 21.6. The molecule has 3 rings (SSSR count). The van der Waals surface area contributed by atoms with Crippen LogP contribution in [0.25, 0.3) is 0 Å². The first-order valence-corrected chi connectivity index (χ1v) is 13.6. The number of primary sulfonamides is 1. The molecule has 1 aliphatic heterocycles. The number of anilines is 1. The van der Waals surface area contributed by atoms with Gasteiger partial charge in [-0.3, -0.25) is 4.79 Å². The average molecular weight is 595 g/mol. The molecule has 0 saturated carbocycles. The van der Waals surface area contributed by atoms with E-state index in [1.54, 1.807) is 0 Å². The number of nitrogens with zero attached hydrogens (tertiary/aromatic N) is 3. The first-order valence-electron chi connectivity index (χ1n) is 10.1. The molecule has 0 aliphatic carbocycles. The quantitative estimate of drug-likeness (QED) is 0.247. The number of rotatable bonds is 10. The first kappa shape index (κ1) is 28.8. The highest BCUT2D eigenvalue weighted by molar-refractivity contribution is 7.90. The number of hydrogen-bond donors (Lipinski definition) is 3. The van der Waals surface area contributed by atoms with Crippen LogP contribution in [-0.4, -0.2) is 57.6 Å². The molecule has 2 aromatic rings.